The molecule has 4 rings (SSSR count). The van der Waals surface area contributed by atoms with Crippen molar-refractivity contribution in [3.63, 3.8) is 0 Å². The summed E-state index contributed by atoms with van der Waals surface area (Å²) in [6, 6.07) is 9.05. The molecule has 0 bridgehead atoms. The third kappa shape index (κ3) is 3.82. The van der Waals surface area contributed by atoms with Crippen molar-refractivity contribution >= 4 is 17.5 Å². The zero-order valence-electron chi connectivity index (χ0n) is 16.4. The van der Waals surface area contributed by atoms with Crippen molar-refractivity contribution in [2.75, 3.05) is 14.2 Å². The van der Waals surface area contributed by atoms with Crippen LogP contribution < -0.4 is 9.47 Å². The van der Waals surface area contributed by atoms with Crippen LogP contribution in [0.1, 0.15) is 30.3 Å². The zero-order valence-corrected chi connectivity index (χ0v) is 17.1. The van der Waals surface area contributed by atoms with Crippen LogP contribution in [0.2, 0.25) is 5.02 Å². The molecule has 1 amide bonds. The Morgan fingerprint density at radius 3 is 2.73 bits per heavy atom. The minimum Gasteiger partial charge on any atom is -0.493 e. The Balaban J connectivity index is 1.59. The van der Waals surface area contributed by atoms with Gasteiger partial charge in [0.15, 0.2) is 11.5 Å². The number of methoxy groups -OCH3 is 2. The van der Waals surface area contributed by atoms with Crippen molar-refractivity contribution < 1.29 is 23.2 Å². The number of carbonyl (C=O) groups excluding carboxylic acids is 1. The van der Waals surface area contributed by atoms with Gasteiger partial charge in [-0.2, -0.15) is 4.98 Å². The van der Waals surface area contributed by atoms with Gasteiger partial charge in [0.25, 0.3) is 0 Å². The zero-order chi connectivity index (χ0) is 21.3. The highest BCUT2D eigenvalue weighted by Crippen LogP contribution is 2.36. The second kappa shape index (κ2) is 8.31. The Bertz CT molecular complexity index is 1090. The van der Waals surface area contributed by atoms with Crippen molar-refractivity contribution in [2.45, 2.75) is 25.4 Å². The van der Waals surface area contributed by atoms with E-state index in [0.29, 0.717) is 47.2 Å². The Labute approximate surface area is 177 Å². The molecule has 2 aromatic carbocycles. The molecule has 0 spiro atoms. The van der Waals surface area contributed by atoms with Gasteiger partial charge in [-0.15, -0.1) is 0 Å². The van der Waals surface area contributed by atoms with E-state index in [1.165, 1.54) is 12.1 Å². The lowest BCUT2D eigenvalue weighted by Crippen LogP contribution is -2.27. The normalized spacial score (nSPS) is 16.2. The van der Waals surface area contributed by atoms with Gasteiger partial charge < -0.3 is 18.9 Å². The third-order valence-electron chi connectivity index (χ3n) is 5.05. The molecule has 2 heterocycles. The molecular formula is C21H19ClFN3O4. The van der Waals surface area contributed by atoms with Crippen LogP contribution in [0.3, 0.4) is 0 Å². The number of halogens is 2. The molecule has 30 heavy (non-hydrogen) atoms. The molecule has 1 aliphatic heterocycles. The Kier molecular flexibility index (Phi) is 5.59. The lowest BCUT2D eigenvalue weighted by Gasteiger charge is -2.22. The number of hydrogen-bond donors (Lipinski definition) is 0. The van der Waals surface area contributed by atoms with Crippen LogP contribution in [0, 0.1) is 5.82 Å². The van der Waals surface area contributed by atoms with Crippen molar-refractivity contribution in [2.24, 2.45) is 0 Å². The van der Waals surface area contributed by atoms with E-state index in [0.717, 1.165) is 0 Å². The molecule has 1 unspecified atom stereocenters. The lowest BCUT2D eigenvalue weighted by molar-refractivity contribution is -0.129. The van der Waals surface area contributed by atoms with Gasteiger partial charge in [-0.25, -0.2) is 4.39 Å². The molecule has 1 aromatic heterocycles. The topological polar surface area (TPSA) is 77.7 Å². The average Bonchev–Trinajstić information content (AvgIpc) is 3.36. The van der Waals surface area contributed by atoms with Gasteiger partial charge in [0.05, 0.1) is 14.2 Å². The summed E-state index contributed by atoms with van der Waals surface area (Å²) in [6.07, 6.45) is 0.906. The first kappa shape index (κ1) is 20.2. The highest BCUT2D eigenvalue weighted by Gasteiger charge is 2.36. The quantitative estimate of drug-likeness (QED) is 0.575. The van der Waals surface area contributed by atoms with Gasteiger partial charge in [0.2, 0.25) is 17.6 Å². The maximum absolute atomic E-state index is 13.3. The fraction of sp³-hybridized carbons (Fsp3) is 0.286. The summed E-state index contributed by atoms with van der Waals surface area (Å²) in [5, 5.41) is 4.33. The van der Waals surface area contributed by atoms with Crippen LogP contribution in [-0.4, -0.2) is 35.2 Å². The van der Waals surface area contributed by atoms with Gasteiger partial charge in [0, 0.05) is 23.6 Å². The summed E-state index contributed by atoms with van der Waals surface area (Å²) in [6.45, 7) is 0.233. The summed E-state index contributed by atoms with van der Waals surface area (Å²) in [5.41, 5.74) is 1.35. The van der Waals surface area contributed by atoms with E-state index in [-0.39, 0.29) is 23.5 Å². The minimum atomic E-state index is -0.426. The average molecular weight is 432 g/mol. The van der Waals surface area contributed by atoms with Gasteiger partial charge in [-0.3, -0.25) is 4.79 Å². The first-order valence-corrected chi connectivity index (χ1v) is 9.67. The molecule has 0 N–H and O–H groups in total. The van der Waals surface area contributed by atoms with Crippen LogP contribution in [0.25, 0.3) is 11.4 Å². The number of nitrogens with zero attached hydrogens (tertiary/aromatic N) is 3. The predicted octanol–water partition coefficient (Wildman–Crippen LogP) is 4.41. The minimum absolute atomic E-state index is 0.0498. The smallest absolute Gasteiger partial charge is 0.249 e. The third-order valence-corrected chi connectivity index (χ3v) is 5.40. The number of hydrogen-bond acceptors (Lipinski definition) is 6. The number of ether oxygens (including phenoxy) is 2. The summed E-state index contributed by atoms with van der Waals surface area (Å²) in [5.74, 6) is 1.38. The van der Waals surface area contributed by atoms with Crippen LogP contribution in [0.5, 0.6) is 11.5 Å². The molecule has 0 radical (unpaired) electrons. The van der Waals surface area contributed by atoms with Crippen molar-refractivity contribution in [3.05, 3.63) is 58.7 Å². The maximum atomic E-state index is 13.3. The van der Waals surface area contributed by atoms with Gasteiger partial charge in [-0.1, -0.05) is 22.8 Å². The first-order chi connectivity index (χ1) is 14.5. The summed E-state index contributed by atoms with van der Waals surface area (Å²) in [4.78, 5) is 18.6. The van der Waals surface area contributed by atoms with Gasteiger partial charge >= 0.3 is 0 Å². The van der Waals surface area contributed by atoms with Gasteiger partial charge in [-0.05, 0) is 42.3 Å². The van der Waals surface area contributed by atoms with Crippen LogP contribution in [0.4, 0.5) is 4.39 Å². The van der Waals surface area contributed by atoms with Crippen molar-refractivity contribution in [1.29, 1.82) is 0 Å². The highest BCUT2D eigenvalue weighted by molar-refractivity contribution is 6.31. The molecule has 1 fully saturated rings. The molecule has 9 heteroatoms. The molecule has 1 atom stereocenters. The standard InChI is InChI=1S/C21H19ClFN3O4/c1-28-17-7-4-12(9-18(17)29-2)20-24-21(30-25-20)16-6-8-19(27)26(16)11-13-3-5-14(23)10-15(13)22/h3-5,7,9-10,16H,6,8,11H2,1-2H3. The number of likely N-dealkylation sites (tertiary alicyclic amines) is 1. The van der Waals surface area contributed by atoms with E-state index in [4.69, 9.17) is 25.6 Å². The molecule has 1 aliphatic rings. The number of benzene rings is 2. The largest absolute Gasteiger partial charge is 0.493 e. The summed E-state index contributed by atoms with van der Waals surface area (Å²) < 4.78 is 29.4. The number of rotatable bonds is 6. The Hall–Kier alpha value is -3.13. The molecule has 156 valence electrons. The van der Waals surface area contributed by atoms with Gasteiger partial charge in [0.1, 0.15) is 11.9 Å². The number of carbonyl (C=O) groups is 1. The second-order valence-electron chi connectivity index (χ2n) is 6.84. The number of aromatic nitrogens is 2. The van der Waals surface area contributed by atoms with Crippen molar-refractivity contribution in [1.82, 2.24) is 15.0 Å². The maximum Gasteiger partial charge on any atom is 0.249 e. The SMILES string of the molecule is COc1ccc(-c2noc(C3CCC(=O)N3Cc3ccc(F)cc3Cl)n2)cc1OC. The van der Waals surface area contributed by atoms with E-state index in [2.05, 4.69) is 10.1 Å². The van der Waals surface area contributed by atoms with Crippen molar-refractivity contribution in [3.8, 4) is 22.9 Å². The van der Waals surface area contributed by atoms with E-state index in [1.54, 1.807) is 43.4 Å². The van der Waals surface area contributed by atoms with E-state index in [9.17, 15) is 9.18 Å². The molecule has 0 saturated carbocycles. The molecule has 1 saturated heterocycles. The molecule has 3 aromatic rings. The molecule has 0 aliphatic carbocycles. The van der Waals surface area contributed by atoms with E-state index >= 15 is 0 Å². The van der Waals surface area contributed by atoms with Crippen LogP contribution in [0.15, 0.2) is 40.9 Å². The van der Waals surface area contributed by atoms with E-state index < -0.39 is 5.82 Å². The summed E-state index contributed by atoms with van der Waals surface area (Å²) in [7, 11) is 3.11. The summed E-state index contributed by atoms with van der Waals surface area (Å²) >= 11 is 6.14. The monoisotopic (exact) mass is 431 g/mol. The lowest BCUT2D eigenvalue weighted by atomic mass is 10.1. The fourth-order valence-corrected chi connectivity index (χ4v) is 3.71. The Morgan fingerprint density at radius 2 is 2.00 bits per heavy atom. The Morgan fingerprint density at radius 1 is 1.20 bits per heavy atom. The highest BCUT2D eigenvalue weighted by atomic mass is 35.5. The van der Waals surface area contributed by atoms with Crippen LogP contribution in [-0.2, 0) is 11.3 Å². The van der Waals surface area contributed by atoms with Crippen LogP contribution >= 0.6 is 11.6 Å². The van der Waals surface area contributed by atoms with E-state index in [1.807, 2.05) is 0 Å². The fourth-order valence-electron chi connectivity index (χ4n) is 3.49. The number of amides is 1. The molecule has 7 nitrogen and oxygen atoms in total. The second-order valence-corrected chi connectivity index (χ2v) is 7.25. The first-order valence-electron chi connectivity index (χ1n) is 9.29. The molecular weight excluding hydrogens is 413 g/mol. The predicted molar refractivity (Wildman–Crippen MR) is 107 cm³/mol.